The summed E-state index contributed by atoms with van der Waals surface area (Å²) in [6, 6.07) is 0. The molecule has 0 aromatic heterocycles. The van der Waals surface area contributed by atoms with Crippen LogP contribution < -0.4 is 4.72 Å². The highest BCUT2D eigenvalue weighted by Crippen LogP contribution is 2.03. The molecule has 2 heteroatoms. The van der Waals surface area contributed by atoms with E-state index in [1.165, 1.54) is 12.8 Å². The molecular formula is C5H9NS. The van der Waals surface area contributed by atoms with Crippen molar-refractivity contribution in [3.63, 3.8) is 0 Å². The normalized spacial score (nSPS) is 21.7. The molecule has 1 heterocycles. The van der Waals surface area contributed by atoms with Gasteiger partial charge < -0.3 is 0 Å². The van der Waals surface area contributed by atoms with Crippen molar-refractivity contribution in [2.45, 2.75) is 12.8 Å². The summed E-state index contributed by atoms with van der Waals surface area (Å²) in [5.41, 5.74) is 0. The van der Waals surface area contributed by atoms with Gasteiger partial charge in [-0.15, -0.1) is 0 Å². The first-order valence-electron chi connectivity index (χ1n) is 2.53. The van der Waals surface area contributed by atoms with Crippen molar-refractivity contribution in [3.8, 4) is 0 Å². The van der Waals surface area contributed by atoms with Gasteiger partial charge in [-0.25, -0.2) is 0 Å². The quantitative estimate of drug-likeness (QED) is 0.480. The lowest BCUT2D eigenvalue weighted by atomic mass is 10.3. The summed E-state index contributed by atoms with van der Waals surface area (Å²) in [6.07, 6.45) is 4.72. The first kappa shape index (κ1) is 5.19. The molecule has 0 radical (unpaired) electrons. The number of rotatable bonds is 0. The van der Waals surface area contributed by atoms with Crippen molar-refractivity contribution >= 4 is 11.9 Å². The van der Waals surface area contributed by atoms with E-state index in [-0.39, 0.29) is 0 Å². The standard InChI is InChI=1S/C5H9NS/c1-2-4-6-7-5-3-1/h3,5-6H,1-2,4H2. The van der Waals surface area contributed by atoms with Gasteiger partial charge in [-0.05, 0) is 18.2 Å². The van der Waals surface area contributed by atoms with Gasteiger partial charge in [0.25, 0.3) is 0 Å². The maximum Gasteiger partial charge on any atom is 0.00645 e. The second kappa shape index (κ2) is 3.10. The fourth-order valence-corrected chi connectivity index (χ4v) is 1.11. The molecule has 1 N–H and O–H groups in total. The molecule has 0 amide bonds. The number of hydrogen-bond donors (Lipinski definition) is 1. The van der Waals surface area contributed by atoms with Crippen LogP contribution >= 0.6 is 11.9 Å². The van der Waals surface area contributed by atoms with Crippen LogP contribution in [-0.2, 0) is 0 Å². The van der Waals surface area contributed by atoms with Crippen molar-refractivity contribution in [2.75, 3.05) is 6.54 Å². The minimum atomic E-state index is 1.15. The second-order valence-corrected chi connectivity index (χ2v) is 2.32. The number of hydrogen-bond acceptors (Lipinski definition) is 2. The van der Waals surface area contributed by atoms with E-state index in [2.05, 4.69) is 16.2 Å². The Morgan fingerprint density at radius 3 is 3.57 bits per heavy atom. The molecule has 7 heavy (non-hydrogen) atoms. The van der Waals surface area contributed by atoms with Crippen LogP contribution in [0.5, 0.6) is 0 Å². The molecule has 0 spiro atoms. The highest BCUT2D eigenvalue weighted by atomic mass is 32.2. The van der Waals surface area contributed by atoms with Gasteiger partial charge in [0.05, 0.1) is 0 Å². The minimum Gasteiger partial charge on any atom is -0.260 e. The number of nitrogens with one attached hydrogen (secondary N) is 1. The molecule has 0 saturated carbocycles. The van der Waals surface area contributed by atoms with Gasteiger partial charge in [0, 0.05) is 6.54 Å². The van der Waals surface area contributed by atoms with Crippen LogP contribution in [0.25, 0.3) is 0 Å². The fraction of sp³-hybridized carbons (Fsp3) is 0.600. The fourth-order valence-electron chi connectivity index (χ4n) is 0.515. The van der Waals surface area contributed by atoms with Crippen LogP contribution in [0.1, 0.15) is 12.8 Å². The first-order valence-corrected chi connectivity index (χ1v) is 3.41. The lowest BCUT2D eigenvalue weighted by Gasteiger charge is -1.90. The Labute approximate surface area is 48.3 Å². The van der Waals surface area contributed by atoms with E-state index in [4.69, 9.17) is 0 Å². The molecule has 1 nitrogen and oxygen atoms in total. The average molecular weight is 115 g/mol. The Balaban J connectivity index is 2.20. The summed E-state index contributed by atoms with van der Waals surface area (Å²) >= 11 is 1.69. The van der Waals surface area contributed by atoms with Gasteiger partial charge >= 0.3 is 0 Å². The molecule has 40 valence electrons. The van der Waals surface area contributed by atoms with Gasteiger partial charge in [0.2, 0.25) is 0 Å². The Hall–Kier alpha value is 0.0500. The van der Waals surface area contributed by atoms with E-state index >= 15 is 0 Å². The van der Waals surface area contributed by atoms with Gasteiger partial charge in [0.15, 0.2) is 0 Å². The third kappa shape index (κ3) is 2.00. The molecule has 0 saturated heterocycles. The maximum absolute atomic E-state index is 3.18. The average Bonchev–Trinajstić information content (AvgIpc) is 1.90. The van der Waals surface area contributed by atoms with Crippen LogP contribution in [0.4, 0.5) is 0 Å². The van der Waals surface area contributed by atoms with E-state index in [1.807, 2.05) is 0 Å². The van der Waals surface area contributed by atoms with Crippen LogP contribution in [0, 0.1) is 0 Å². The first-order chi connectivity index (χ1) is 3.50. The summed E-state index contributed by atoms with van der Waals surface area (Å²) in [7, 11) is 0. The summed E-state index contributed by atoms with van der Waals surface area (Å²) in [5.74, 6) is 0. The molecule has 1 aliphatic rings. The summed E-state index contributed by atoms with van der Waals surface area (Å²) in [5, 5.41) is 2.10. The topological polar surface area (TPSA) is 12.0 Å². The zero-order chi connectivity index (χ0) is 4.95. The highest BCUT2D eigenvalue weighted by molar-refractivity contribution is 8.00. The summed E-state index contributed by atoms with van der Waals surface area (Å²) in [4.78, 5) is 0. The van der Waals surface area contributed by atoms with Crippen LogP contribution in [0.15, 0.2) is 11.5 Å². The molecular weight excluding hydrogens is 106 g/mol. The van der Waals surface area contributed by atoms with Gasteiger partial charge in [-0.1, -0.05) is 18.0 Å². The molecule has 0 atom stereocenters. The van der Waals surface area contributed by atoms with Gasteiger partial charge in [0.1, 0.15) is 0 Å². The lowest BCUT2D eigenvalue weighted by Crippen LogP contribution is -2.00. The Kier molecular flexibility index (Phi) is 2.30. The van der Waals surface area contributed by atoms with Gasteiger partial charge in [-0.3, -0.25) is 4.72 Å². The van der Waals surface area contributed by atoms with E-state index < -0.39 is 0 Å². The second-order valence-electron chi connectivity index (χ2n) is 1.53. The molecule has 0 aromatic rings. The predicted molar refractivity (Wildman–Crippen MR) is 34.0 cm³/mol. The van der Waals surface area contributed by atoms with Gasteiger partial charge in [-0.2, -0.15) is 0 Å². The molecule has 0 aromatic carbocycles. The third-order valence-electron chi connectivity index (χ3n) is 0.897. The third-order valence-corrected chi connectivity index (χ3v) is 1.60. The summed E-state index contributed by atoms with van der Waals surface area (Å²) < 4.78 is 3.18. The monoisotopic (exact) mass is 115 g/mol. The highest BCUT2D eigenvalue weighted by Gasteiger charge is 1.87. The molecule has 0 fully saturated rings. The molecule has 1 rings (SSSR count). The van der Waals surface area contributed by atoms with Crippen molar-refractivity contribution in [1.82, 2.24) is 4.72 Å². The minimum absolute atomic E-state index is 1.15. The summed E-state index contributed by atoms with van der Waals surface area (Å²) in [6.45, 7) is 1.15. The smallest absolute Gasteiger partial charge is 0.00645 e. The van der Waals surface area contributed by atoms with E-state index in [1.54, 1.807) is 11.9 Å². The lowest BCUT2D eigenvalue weighted by molar-refractivity contribution is 0.824. The predicted octanol–water partition coefficient (Wildman–Crippen LogP) is 1.53. The van der Waals surface area contributed by atoms with Crippen molar-refractivity contribution in [2.24, 2.45) is 0 Å². The van der Waals surface area contributed by atoms with Crippen molar-refractivity contribution < 1.29 is 0 Å². The Morgan fingerprint density at radius 2 is 2.57 bits per heavy atom. The van der Waals surface area contributed by atoms with Crippen LogP contribution in [0.3, 0.4) is 0 Å². The number of allylic oxidation sites excluding steroid dienone is 1. The Bertz CT molecular complexity index is 62.5. The van der Waals surface area contributed by atoms with Crippen molar-refractivity contribution in [3.05, 3.63) is 11.5 Å². The van der Waals surface area contributed by atoms with Crippen LogP contribution in [-0.4, -0.2) is 6.54 Å². The molecule has 0 aliphatic carbocycles. The largest absolute Gasteiger partial charge is 0.260 e. The maximum atomic E-state index is 3.18. The zero-order valence-corrected chi connectivity index (χ0v) is 5.00. The molecule has 0 bridgehead atoms. The molecule has 0 unspecified atom stereocenters. The van der Waals surface area contributed by atoms with E-state index in [9.17, 15) is 0 Å². The zero-order valence-electron chi connectivity index (χ0n) is 4.18. The SMILES string of the molecule is C1=CSNCCC1. The van der Waals surface area contributed by atoms with E-state index in [0.717, 1.165) is 6.54 Å². The molecule has 1 aliphatic heterocycles. The van der Waals surface area contributed by atoms with E-state index in [0.29, 0.717) is 0 Å². The van der Waals surface area contributed by atoms with Crippen molar-refractivity contribution in [1.29, 1.82) is 0 Å². The van der Waals surface area contributed by atoms with Crippen LogP contribution in [0.2, 0.25) is 0 Å². The Morgan fingerprint density at radius 1 is 1.57 bits per heavy atom.